The molecule has 0 aliphatic rings. The first-order valence-electron chi connectivity index (χ1n) is 8.11. The Labute approximate surface area is 161 Å². The Morgan fingerprint density at radius 3 is 2.37 bits per heavy atom. The molecule has 2 aromatic carbocycles. The number of ether oxygens (including phenoxy) is 2. The summed E-state index contributed by atoms with van der Waals surface area (Å²) in [6.45, 7) is 1.46. The Bertz CT molecular complexity index is 903. The van der Waals surface area contributed by atoms with E-state index in [2.05, 4.69) is 15.3 Å². The second-order valence-corrected chi connectivity index (χ2v) is 5.95. The molecular formula is C19H20ClN3O4. The number of carbonyl (C=O) groups is 1. The van der Waals surface area contributed by atoms with E-state index in [4.69, 9.17) is 26.2 Å². The van der Waals surface area contributed by atoms with Gasteiger partial charge in [0.2, 0.25) is 5.88 Å². The Balaban J connectivity index is 0.000000817. The standard InChI is InChI=1S/C17H13ClN2O4.C2H7N/c1-10(17(21)22)23-12-3-5-13(6-4-12)24-16-9-19-15-8-11(18)2-7-14(15)20-16;1-3-2/h2-10H,1H3,(H,21,22);3H,1-2H3. The maximum atomic E-state index is 10.8. The highest BCUT2D eigenvalue weighted by atomic mass is 35.5. The van der Waals surface area contributed by atoms with Crippen molar-refractivity contribution in [3.63, 3.8) is 0 Å². The molecule has 0 radical (unpaired) electrons. The van der Waals surface area contributed by atoms with Crippen molar-refractivity contribution in [1.82, 2.24) is 15.3 Å². The zero-order valence-electron chi connectivity index (χ0n) is 15.1. The number of nitrogens with one attached hydrogen (secondary N) is 1. The van der Waals surface area contributed by atoms with E-state index in [-0.39, 0.29) is 0 Å². The molecule has 1 heterocycles. The Kier molecular flexibility index (Phi) is 7.34. The van der Waals surface area contributed by atoms with Gasteiger partial charge in [0.15, 0.2) is 6.10 Å². The van der Waals surface area contributed by atoms with Gasteiger partial charge in [0.25, 0.3) is 0 Å². The third-order valence-electron chi connectivity index (χ3n) is 3.19. The van der Waals surface area contributed by atoms with Crippen LogP contribution in [0.2, 0.25) is 5.02 Å². The molecular weight excluding hydrogens is 370 g/mol. The minimum absolute atomic E-state index is 0.345. The van der Waals surface area contributed by atoms with Gasteiger partial charge in [0.05, 0.1) is 17.2 Å². The van der Waals surface area contributed by atoms with Crippen molar-refractivity contribution < 1.29 is 19.4 Å². The third-order valence-corrected chi connectivity index (χ3v) is 3.42. The summed E-state index contributed by atoms with van der Waals surface area (Å²) >= 11 is 5.91. The van der Waals surface area contributed by atoms with Crippen LogP contribution in [0.15, 0.2) is 48.7 Å². The third kappa shape index (κ3) is 6.09. The van der Waals surface area contributed by atoms with Gasteiger partial charge in [-0.3, -0.25) is 0 Å². The predicted molar refractivity (Wildman–Crippen MR) is 104 cm³/mol. The van der Waals surface area contributed by atoms with E-state index >= 15 is 0 Å². The van der Waals surface area contributed by atoms with E-state index in [1.807, 2.05) is 14.1 Å². The molecule has 0 amide bonds. The van der Waals surface area contributed by atoms with Crippen molar-refractivity contribution in [1.29, 1.82) is 0 Å². The van der Waals surface area contributed by atoms with E-state index in [9.17, 15) is 4.79 Å². The molecule has 0 spiro atoms. The molecule has 1 atom stereocenters. The van der Waals surface area contributed by atoms with Crippen molar-refractivity contribution in [3.05, 3.63) is 53.7 Å². The number of hydrogen-bond donors (Lipinski definition) is 2. The Morgan fingerprint density at radius 2 is 1.74 bits per heavy atom. The van der Waals surface area contributed by atoms with Crippen molar-refractivity contribution >= 4 is 28.6 Å². The van der Waals surface area contributed by atoms with Crippen LogP contribution in [0.3, 0.4) is 0 Å². The van der Waals surface area contributed by atoms with Gasteiger partial charge >= 0.3 is 5.97 Å². The SMILES string of the molecule is CC(Oc1ccc(Oc2cnc3cc(Cl)ccc3n2)cc1)C(=O)O.CNC. The minimum atomic E-state index is -1.03. The maximum Gasteiger partial charge on any atom is 0.344 e. The first-order chi connectivity index (χ1) is 12.9. The maximum absolute atomic E-state index is 10.8. The smallest absolute Gasteiger partial charge is 0.344 e. The molecule has 0 aliphatic heterocycles. The number of benzene rings is 2. The van der Waals surface area contributed by atoms with Crippen LogP contribution in [-0.4, -0.2) is 41.2 Å². The largest absolute Gasteiger partial charge is 0.479 e. The number of fused-ring (bicyclic) bond motifs is 1. The van der Waals surface area contributed by atoms with Crippen LogP contribution in [0.1, 0.15) is 6.92 Å². The van der Waals surface area contributed by atoms with Crippen LogP contribution in [0.5, 0.6) is 17.4 Å². The van der Waals surface area contributed by atoms with Crippen LogP contribution in [0.4, 0.5) is 0 Å². The number of carboxylic acid groups (broad SMARTS) is 1. The highest BCUT2D eigenvalue weighted by molar-refractivity contribution is 6.31. The molecule has 0 aliphatic carbocycles. The first kappa shape index (κ1) is 20.4. The molecule has 0 bridgehead atoms. The summed E-state index contributed by atoms with van der Waals surface area (Å²) in [6, 6.07) is 11.8. The fourth-order valence-corrected chi connectivity index (χ4v) is 2.14. The molecule has 0 fully saturated rings. The van der Waals surface area contributed by atoms with Gasteiger partial charge in [-0.15, -0.1) is 0 Å². The van der Waals surface area contributed by atoms with Crippen LogP contribution in [0.25, 0.3) is 11.0 Å². The minimum Gasteiger partial charge on any atom is -0.479 e. The summed E-state index contributed by atoms with van der Waals surface area (Å²) in [7, 11) is 3.75. The molecule has 142 valence electrons. The molecule has 7 nitrogen and oxygen atoms in total. The zero-order chi connectivity index (χ0) is 19.8. The molecule has 3 rings (SSSR count). The average Bonchev–Trinajstić information content (AvgIpc) is 2.64. The van der Waals surface area contributed by atoms with Crippen molar-refractivity contribution in [2.24, 2.45) is 0 Å². The van der Waals surface area contributed by atoms with Crippen LogP contribution in [-0.2, 0) is 4.79 Å². The molecule has 0 saturated heterocycles. The number of aliphatic carboxylic acids is 1. The number of aromatic nitrogens is 2. The van der Waals surface area contributed by atoms with Gasteiger partial charge in [-0.1, -0.05) is 11.6 Å². The second-order valence-electron chi connectivity index (χ2n) is 5.51. The van der Waals surface area contributed by atoms with E-state index in [1.54, 1.807) is 42.5 Å². The van der Waals surface area contributed by atoms with Crippen LogP contribution in [0, 0.1) is 0 Å². The number of carboxylic acids is 1. The van der Waals surface area contributed by atoms with Gasteiger partial charge in [0.1, 0.15) is 11.5 Å². The van der Waals surface area contributed by atoms with Crippen LogP contribution >= 0.6 is 11.6 Å². The fourth-order valence-electron chi connectivity index (χ4n) is 1.98. The molecule has 2 N–H and O–H groups in total. The quantitative estimate of drug-likeness (QED) is 0.686. The number of rotatable bonds is 5. The molecule has 27 heavy (non-hydrogen) atoms. The molecule has 1 unspecified atom stereocenters. The van der Waals surface area contributed by atoms with E-state index in [0.717, 1.165) is 0 Å². The average molecular weight is 390 g/mol. The Morgan fingerprint density at radius 1 is 1.11 bits per heavy atom. The van der Waals surface area contributed by atoms with Gasteiger partial charge in [-0.05, 0) is 63.5 Å². The van der Waals surface area contributed by atoms with Gasteiger partial charge in [0, 0.05) is 5.02 Å². The highest BCUT2D eigenvalue weighted by Crippen LogP contribution is 2.24. The van der Waals surface area contributed by atoms with Crippen molar-refractivity contribution in [3.8, 4) is 17.4 Å². The summed E-state index contributed by atoms with van der Waals surface area (Å²) in [5, 5.41) is 12.2. The Hall–Kier alpha value is -2.90. The monoisotopic (exact) mass is 389 g/mol. The molecule has 1 aromatic heterocycles. The first-order valence-corrected chi connectivity index (χ1v) is 8.49. The number of halogens is 1. The zero-order valence-corrected chi connectivity index (χ0v) is 15.9. The van der Waals surface area contributed by atoms with Crippen molar-refractivity contribution in [2.45, 2.75) is 13.0 Å². The number of hydrogen-bond acceptors (Lipinski definition) is 6. The van der Waals surface area contributed by atoms with E-state index in [0.29, 0.717) is 33.4 Å². The summed E-state index contributed by atoms with van der Waals surface area (Å²) in [6.07, 6.45) is 0.588. The topological polar surface area (TPSA) is 93.6 Å². The molecule has 0 saturated carbocycles. The molecule has 3 aromatic rings. The predicted octanol–water partition coefficient (Wildman–Crippen LogP) is 3.76. The lowest BCUT2D eigenvalue weighted by Gasteiger charge is -2.11. The normalized spacial score (nSPS) is 11.3. The summed E-state index contributed by atoms with van der Waals surface area (Å²) in [5.41, 5.74) is 1.35. The summed E-state index contributed by atoms with van der Waals surface area (Å²) in [4.78, 5) is 19.4. The van der Waals surface area contributed by atoms with Crippen molar-refractivity contribution in [2.75, 3.05) is 14.1 Å². The van der Waals surface area contributed by atoms with E-state index < -0.39 is 12.1 Å². The highest BCUT2D eigenvalue weighted by Gasteiger charge is 2.12. The number of nitrogens with zero attached hydrogens (tertiary/aromatic N) is 2. The van der Waals surface area contributed by atoms with Gasteiger partial charge < -0.3 is 19.9 Å². The van der Waals surface area contributed by atoms with E-state index in [1.165, 1.54) is 13.1 Å². The lowest BCUT2D eigenvalue weighted by atomic mass is 10.3. The molecule has 8 heteroatoms. The second kappa shape index (κ2) is 9.70. The lowest BCUT2D eigenvalue weighted by molar-refractivity contribution is -0.144. The summed E-state index contributed by atoms with van der Waals surface area (Å²) in [5.74, 6) is 0.295. The van der Waals surface area contributed by atoms with Gasteiger partial charge in [-0.25, -0.2) is 14.8 Å². The van der Waals surface area contributed by atoms with Crippen LogP contribution < -0.4 is 14.8 Å². The summed E-state index contributed by atoms with van der Waals surface area (Å²) < 4.78 is 10.9. The fraction of sp³-hybridized carbons (Fsp3) is 0.211. The van der Waals surface area contributed by atoms with Gasteiger partial charge in [-0.2, -0.15) is 0 Å². The lowest BCUT2D eigenvalue weighted by Crippen LogP contribution is -2.22.